The number of benzene rings is 2. The lowest BCUT2D eigenvalue weighted by atomic mass is 9.70. The molecule has 6 rings (SSSR count). The fourth-order valence-electron chi connectivity index (χ4n) is 7.66. The number of nitrogens with zero attached hydrogens (tertiary/aromatic N) is 4. The van der Waals surface area contributed by atoms with Crippen LogP contribution in [0.3, 0.4) is 0 Å². The molecule has 2 bridgehead atoms. The highest BCUT2D eigenvalue weighted by atomic mass is 32.2. The van der Waals surface area contributed by atoms with Crippen molar-refractivity contribution in [2.24, 2.45) is 0 Å². The van der Waals surface area contributed by atoms with E-state index in [-0.39, 0.29) is 5.41 Å². The molecular formula is C30H38N4O4S. The summed E-state index contributed by atoms with van der Waals surface area (Å²) in [7, 11) is -3.33. The van der Waals surface area contributed by atoms with Gasteiger partial charge >= 0.3 is 6.09 Å². The Kier molecular flexibility index (Phi) is 6.70. The molecule has 3 aliphatic rings. The molecule has 1 aromatic heterocycles. The Bertz CT molecular complexity index is 1480. The first-order chi connectivity index (χ1) is 18.6. The molecule has 3 aliphatic heterocycles. The second-order valence-corrected chi connectivity index (χ2v) is 13.9. The topological polar surface area (TPSA) is 95.7 Å². The third-order valence-electron chi connectivity index (χ3n) is 9.71. The molecule has 39 heavy (non-hydrogen) atoms. The monoisotopic (exact) mass is 550 g/mol. The van der Waals surface area contributed by atoms with Gasteiger partial charge in [0, 0.05) is 37.5 Å². The SMILES string of the molecule is Cc1nc2ccccc2n1C1C[C@H]2CC[C@@H](C1)N2CCC1(c2cccc(S(C)(=O)=O)c2)CCN(C(=O)O)CC1. The third-order valence-corrected chi connectivity index (χ3v) is 10.8. The maximum atomic E-state index is 12.3. The number of aromatic nitrogens is 2. The number of imidazole rings is 1. The third kappa shape index (κ3) is 4.84. The lowest BCUT2D eigenvalue weighted by molar-refractivity contribution is 0.0799. The smallest absolute Gasteiger partial charge is 0.407 e. The Morgan fingerprint density at radius 1 is 1.03 bits per heavy atom. The minimum atomic E-state index is -3.33. The highest BCUT2D eigenvalue weighted by molar-refractivity contribution is 7.90. The van der Waals surface area contributed by atoms with E-state index in [1.165, 1.54) is 29.5 Å². The van der Waals surface area contributed by atoms with Crippen LogP contribution in [0.5, 0.6) is 0 Å². The van der Waals surface area contributed by atoms with Gasteiger partial charge in [0.2, 0.25) is 0 Å². The highest BCUT2D eigenvalue weighted by Gasteiger charge is 2.44. The predicted molar refractivity (Wildman–Crippen MR) is 151 cm³/mol. The van der Waals surface area contributed by atoms with E-state index in [1.807, 2.05) is 24.3 Å². The van der Waals surface area contributed by atoms with Crippen LogP contribution < -0.4 is 0 Å². The van der Waals surface area contributed by atoms with E-state index in [1.54, 1.807) is 6.07 Å². The van der Waals surface area contributed by atoms with Gasteiger partial charge in [-0.3, -0.25) is 4.90 Å². The summed E-state index contributed by atoms with van der Waals surface area (Å²) in [5.74, 6) is 1.09. The van der Waals surface area contributed by atoms with Crippen molar-refractivity contribution >= 4 is 27.0 Å². The zero-order valence-electron chi connectivity index (χ0n) is 22.8. The van der Waals surface area contributed by atoms with Crippen LogP contribution in [-0.4, -0.2) is 76.9 Å². The standard InChI is InChI=1S/C30H38N4O4S/c1-21-31-27-8-3-4-9-28(27)34(21)25-19-23-10-11-24(20-25)33(23)17-14-30(12-15-32(16-13-30)29(35)36)22-6-5-7-26(18-22)39(2,37)38/h3-9,18,23-25H,10-17,19-20H2,1-2H3,(H,35,36)/t23-,24+,25?. The Hall–Kier alpha value is -2.91. The maximum absolute atomic E-state index is 12.3. The van der Waals surface area contributed by atoms with Gasteiger partial charge in [-0.25, -0.2) is 18.2 Å². The Balaban J connectivity index is 1.23. The lowest BCUT2D eigenvalue weighted by Crippen LogP contribution is -2.49. The fourth-order valence-corrected chi connectivity index (χ4v) is 8.32. The van der Waals surface area contributed by atoms with Gasteiger partial charge in [-0.05, 0) is 93.7 Å². The molecule has 2 aromatic carbocycles. The molecule has 0 aliphatic carbocycles. The normalized spacial score (nSPS) is 25.3. The van der Waals surface area contributed by atoms with Crippen LogP contribution in [0.4, 0.5) is 4.79 Å². The van der Waals surface area contributed by atoms with Crippen LogP contribution in [0.15, 0.2) is 53.4 Å². The predicted octanol–water partition coefficient (Wildman–Crippen LogP) is 5.02. The number of carbonyl (C=O) groups is 1. The van der Waals surface area contributed by atoms with Crippen molar-refractivity contribution in [3.05, 3.63) is 59.9 Å². The first-order valence-electron chi connectivity index (χ1n) is 14.1. The average Bonchev–Trinajstić information content (AvgIpc) is 3.37. The van der Waals surface area contributed by atoms with Crippen molar-refractivity contribution < 1.29 is 18.3 Å². The van der Waals surface area contributed by atoms with E-state index in [4.69, 9.17) is 4.98 Å². The maximum Gasteiger partial charge on any atom is 0.407 e. The van der Waals surface area contributed by atoms with E-state index in [0.29, 0.717) is 49.0 Å². The molecule has 8 nitrogen and oxygen atoms in total. The minimum absolute atomic E-state index is 0.236. The Labute approximate surface area is 230 Å². The van der Waals surface area contributed by atoms with Crippen molar-refractivity contribution in [2.45, 2.75) is 80.3 Å². The van der Waals surface area contributed by atoms with E-state index in [9.17, 15) is 18.3 Å². The molecule has 0 saturated carbocycles. The lowest BCUT2D eigenvalue weighted by Gasteiger charge is -2.45. The Morgan fingerprint density at radius 2 is 1.72 bits per heavy atom. The largest absolute Gasteiger partial charge is 0.465 e. The van der Waals surface area contributed by atoms with E-state index in [0.717, 1.165) is 42.7 Å². The van der Waals surface area contributed by atoms with Crippen LogP contribution >= 0.6 is 0 Å². The zero-order valence-corrected chi connectivity index (χ0v) is 23.6. The number of piperidine rings is 2. The summed E-state index contributed by atoms with van der Waals surface area (Å²) in [5, 5.41) is 9.56. The van der Waals surface area contributed by atoms with Crippen molar-refractivity contribution in [3.8, 4) is 0 Å². The number of aryl methyl sites for hydroxylation is 1. The molecule has 1 amide bonds. The fraction of sp³-hybridized carbons (Fsp3) is 0.533. The van der Waals surface area contributed by atoms with Gasteiger partial charge in [-0.2, -0.15) is 0 Å². The molecule has 1 unspecified atom stereocenters. The molecule has 1 N–H and O–H groups in total. The second-order valence-electron chi connectivity index (χ2n) is 11.9. The van der Waals surface area contributed by atoms with E-state index in [2.05, 4.69) is 34.6 Å². The van der Waals surface area contributed by atoms with Crippen LogP contribution in [0.25, 0.3) is 11.0 Å². The molecule has 3 saturated heterocycles. The minimum Gasteiger partial charge on any atom is -0.465 e. The number of likely N-dealkylation sites (tertiary alicyclic amines) is 1. The van der Waals surface area contributed by atoms with Gasteiger partial charge in [-0.15, -0.1) is 0 Å². The number of hydrogen-bond donors (Lipinski definition) is 1. The number of hydrogen-bond acceptors (Lipinski definition) is 5. The number of para-hydroxylation sites is 2. The first kappa shape index (κ1) is 26.3. The second kappa shape index (κ2) is 9.93. The van der Waals surface area contributed by atoms with Crippen LogP contribution in [0.1, 0.15) is 62.4 Å². The summed E-state index contributed by atoms with van der Waals surface area (Å²) in [6, 6.07) is 17.3. The highest BCUT2D eigenvalue weighted by Crippen LogP contribution is 2.45. The molecular weight excluding hydrogens is 512 g/mol. The molecule has 0 spiro atoms. The average molecular weight is 551 g/mol. The van der Waals surface area contributed by atoms with E-state index >= 15 is 0 Å². The van der Waals surface area contributed by atoms with Crippen molar-refractivity contribution in [1.82, 2.24) is 19.4 Å². The molecule has 4 heterocycles. The van der Waals surface area contributed by atoms with Crippen molar-refractivity contribution in [1.29, 1.82) is 0 Å². The molecule has 3 atom stereocenters. The summed E-state index contributed by atoms with van der Waals surface area (Å²) in [6.07, 6.45) is 7.32. The van der Waals surface area contributed by atoms with Crippen LogP contribution in [0.2, 0.25) is 0 Å². The van der Waals surface area contributed by atoms with Gasteiger partial charge in [0.05, 0.1) is 15.9 Å². The number of fused-ring (bicyclic) bond motifs is 3. The van der Waals surface area contributed by atoms with Gasteiger partial charge in [-0.1, -0.05) is 24.3 Å². The summed E-state index contributed by atoms with van der Waals surface area (Å²) < 4.78 is 27.1. The zero-order chi connectivity index (χ0) is 27.4. The first-order valence-corrected chi connectivity index (χ1v) is 16.0. The molecule has 3 fully saturated rings. The van der Waals surface area contributed by atoms with Gasteiger partial charge in [0.15, 0.2) is 9.84 Å². The number of rotatable bonds is 6. The molecule has 0 radical (unpaired) electrons. The van der Waals surface area contributed by atoms with Crippen molar-refractivity contribution in [2.75, 3.05) is 25.9 Å². The Morgan fingerprint density at radius 3 is 2.38 bits per heavy atom. The van der Waals surface area contributed by atoms with Crippen molar-refractivity contribution in [3.63, 3.8) is 0 Å². The number of carboxylic acid groups (broad SMARTS) is 1. The summed E-state index contributed by atoms with van der Waals surface area (Å²) >= 11 is 0. The summed E-state index contributed by atoms with van der Waals surface area (Å²) in [5.41, 5.74) is 3.08. The van der Waals surface area contributed by atoms with Crippen LogP contribution in [0, 0.1) is 6.92 Å². The number of sulfone groups is 1. The summed E-state index contributed by atoms with van der Waals surface area (Å²) in [4.78, 5) is 21.0. The van der Waals surface area contributed by atoms with Gasteiger partial charge < -0.3 is 14.6 Å². The van der Waals surface area contributed by atoms with Gasteiger partial charge in [0.25, 0.3) is 0 Å². The number of amides is 1. The van der Waals surface area contributed by atoms with Crippen LogP contribution in [-0.2, 0) is 15.3 Å². The van der Waals surface area contributed by atoms with E-state index < -0.39 is 15.9 Å². The van der Waals surface area contributed by atoms with Gasteiger partial charge in [0.1, 0.15) is 5.82 Å². The summed E-state index contributed by atoms with van der Waals surface area (Å²) in [6.45, 7) is 4.01. The molecule has 208 valence electrons. The molecule has 9 heteroatoms. The molecule has 3 aromatic rings. The quantitative estimate of drug-likeness (QED) is 0.463.